The molecule has 75 heavy (non-hydrogen) atoms. The molecular formula is C63H63N7O3S2. The van der Waals surface area contributed by atoms with Crippen LogP contribution in [0.3, 0.4) is 0 Å². The van der Waals surface area contributed by atoms with Crippen molar-refractivity contribution in [3.05, 3.63) is 181 Å². The van der Waals surface area contributed by atoms with Crippen molar-refractivity contribution in [1.82, 2.24) is 24.9 Å². The summed E-state index contributed by atoms with van der Waals surface area (Å²) >= 11 is 3.46. The Kier molecular flexibility index (Phi) is 15.3. The lowest BCUT2D eigenvalue weighted by Crippen LogP contribution is -1.90. The zero-order valence-electron chi connectivity index (χ0n) is 45.4. The van der Waals surface area contributed by atoms with Crippen LogP contribution in [0.4, 0.5) is 10.9 Å². The lowest BCUT2D eigenvalue weighted by Gasteiger charge is -2.08. The van der Waals surface area contributed by atoms with Crippen molar-refractivity contribution in [2.75, 3.05) is 0 Å². The molecule has 0 saturated heterocycles. The minimum absolute atomic E-state index is 0.698. The molecule has 0 unspecified atom stereocenters. The summed E-state index contributed by atoms with van der Waals surface area (Å²) in [7, 11) is 0. The average molecular weight is 1030 g/mol. The highest BCUT2D eigenvalue weighted by Crippen LogP contribution is 2.36. The number of nitrogens with zero attached hydrogens (tertiary/aromatic N) is 7. The van der Waals surface area contributed by atoms with E-state index in [1.807, 2.05) is 76.2 Å². The van der Waals surface area contributed by atoms with Gasteiger partial charge in [0.1, 0.15) is 26.7 Å². The number of benzene rings is 6. The number of rotatable bonds is 3. The van der Waals surface area contributed by atoms with Crippen LogP contribution < -0.4 is 0 Å². The molecule has 5 aromatic heterocycles. The molecule has 7 heterocycles. The van der Waals surface area contributed by atoms with Gasteiger partial charge >= 0.3 is 0 Å². The summed E-state index contributed by atoms with van der Waals surface area (Å²) in [5.74, 6) is 2.83. The van der Waals surface area contributed by atoms with Crippen molar-refractivity contribution in [2.24, 2.45) is 9.98 Å². The summed E-state index contributed by atoms with van der Waals surface area (Å²) in [6, 6.07) is 35.6. The first-order chi connectivity index (χ1) is 35.8. The van der Waals surface area contributed by atoms with Crippen LogP contribution >= 0.6 is 22.7 Å². The first-order valence-electron chi connectivity index (χ1n) is 25.2. The van der Waals surface area contributed by atoms with Gasteiger partial charge in [-0.3, -0.25) is 0 Å². The van der Waals surface area contributed by atoms with E-state index in [-0.39, 0.29) is 0 Å². The Hall–Kier alpha value is -7.67. The summed E-state index contributed by atoms with van der Waals surface area (Å²) in [4.78, 5) is 31.0. The van der Waals surface area contributed by atoms with Crippen LogP contribution in [0.2, 0.25) is 0 Å². The van der Waals surface area contributed by atoms with Crippen molar-refractivity contribution in [1.29, 1.82) is 0 Å². The Morgan fingerprint density at radius 3 is 1.55 bits per heavy atom. The van der Waals surface area contributed by atoms with Crippen LogP contribution in [0, 0.1) is 83.1 Å². The Morgan fingerprint density at radius 2 is 0.947 bits per heavy atom. The van der Waals surface area contributed by atoms with Crippen molar-refractivity contribution >= 4 is 77.4 Å². The molecule has 10 nitrogen and oxygen atoms in total. The second-order valence-electron chi connectivity index (χ2n) is 19.9. The molecule has 12 heteroatoms. The van der Waals surface area contributed by atoms with Crippen molar-refractivity contribution in [2.45, 2.75) is 110 Å². The van der Waals surface area contributed by atoms with E-state index in [2.05, 4.69) is 154 Å². The first-order valence-corrected chi connectivity index (χ1v) is 26.8. The summed E-state index contributed by atoms with van der Waals surface area (Å²) < 4.78 is 18.1. The summed E-state index contributed by atoms with van der Waals surface area (Å²) in [6.07, 6.45) is 1.81. The monoisotopic (exact) mass is 1030 g/mol. The molecule has 380 valence electrons. The molecule has 0 amide bonds. The van der Waals surface area contributed by atoms with Gasteiger partial charge in [-0.2, -0.15) is 0 Å². The van der Waals surface area contributed by atoms with E-state index in [0.29, 0.717) is 17.7 Å². The highest BCUT2D eigenvalue weighted by Gasteiger charge is 2.18. The quantitative estimate of drug-likeness (QED) is 0.171. The van der Waals surface area contributed by atoms with E-state index in [4.69, 9.17) is 18.2 Å². The second kappa shape index (κ2) is 22.0. The molecule has 6 aromatic carbocycles. The van der Waals surface area contributed by atoms with Crippen LogP contribution in [0.5, 0.6) is 0 Å². The topological polar surface area (TPSA) is 129 Å². The van der Waals surface area contributed by atoms with Crippen molar-refractivity contribution in [3.63, 3.8) is 0 Å². The Labute approximate surface area is 447 Å². The molecule has 0 aliphatic carbocycles. The smallest absolute Gasteiger partial charge is 0.243 e. The number of aromatic nitrogens is 5. The molecule has 0 bridgehead atoms. The zero-order chi connectivity index (χ0) is 53.2. The normalized spacial score (nSPS) is 12.2. The van der Waals surface area contributed by atoms with Crippen LogP contribution in [0.1, 0.15) is 91.8 Å². The molecule has 0 N–H and O–H groups in total. The lowest BCUT2D eigenvalue weighted by molar-refractivity contribution is 0.531. The number of aryl methyl sites for hydroxylation is 12. The molecule has 11 aromatic rings. The molecule has 0 atom stereocenters. The van der Waals surface area contributed by atoms with Crippen molar-refractivity contribution in [3.8, 4) is 33.5 Å². The van der Waals surface area contributed by atoms with Crippen molar-refractivity contribution < 1.29 is 13.3 Å². The van der Waals surface area contributed by atoms with E-state index in [1.165, 1.54) is 77.3 Å². The van der Waals surface area contributed by atoms with Gasteiger partial charge in [0.05, 0.1) is 20.9 Å². The van der Waals surface area contributed by atoms with Gasteiger partial charge in [-0.25, -0.2) is 34.9 Å². The number of fused-ring (bicyclic) bond motifs is 5. The maximum absolute atomic E-state index is 5.90. The van der Waals surface area contributed by atoms with Gasteiger partial charge in [0.15, 0.2) is 17.1 Å². The maximum atomic E-state index is 5.90. The van der Waals surface area contributed by atoms with Crippen LogP contribution in [-0.2, 0) is 12.8 Å². The summed E-state index contributed by atoms with van der Waals surface area (Å²) in [5, 5.41) is 3.38. The Morgan fingerprint density at radius 1 is 0.413 bits per heavy atom. The van der Waals surface area contributed by atoms with Gasteiger partial charge in [0.25, 0.3) is 0 Å². The van der Waals surface area contributed by atoms with Crippen LogP contribution in [0.15, 0.2) is 126 Å². The third-order valence-corrected chi connectivity index (χ3v) is 14.7. The summed E-state index contributed by atoms with van der Waals surface area (Å²) in [5.41, 5.74) is 25.0. The number of hydrogen-bond donors (Lipinski definition) is 0. The highest BCUT2D eigenvalue weighted by atomic mass is 32.1. The molecular weight excluding hydrogens is 967 g/mol. The zero-order valence-corrected chi connectivity index (χ0v) is 47.0. The third-order valence-electron chi connectivity index (χ3n) is 12.8. The highest BCUT2D eigenvalue weighted by molar-refractivity contribution is 7.21. The molecule has 0 radical (unpaired) electrons. The Balaban J connectivity index is 0.000000118. The summed E-state index contributed by atoms with van der Waals surface area (Å²) in [6.45, 7) is 29.0. The number of oxazole rings is 3. The fourth-order valence-electron chi connectivity index (χ4n) is 9.52. The molecule has 0 saturated carbocycles. The van der Waals surface area contributed by atoms with E-state index in [1.54, 1.807) is 22.7 Å². The molecule has 2 aliphatic rings. The van der Waals surface area contributed by atoms with Gasteiger partial charge in [0, 0.05) is 47.9 Å². The SMILES string of the molecule is CC1=Nc2oc(C)nc2C1.CC1=Nc2sc(C)nc2C1.Cc1cc(C)c(-c2nc3cc(C)ccc3o2)c(C)c1.Cc1cc(C)c(-c2nc3cc(C)ccc3s2)c(C)c1.Cc1ccc2oc(-c3ccccc3C)nc2c1. The predicted octanol–water partition coefficient (Wildman–Crippen LogP) is 17.8. The number of thiazole rings is 2. The van der Waals surface area contributed by atoms with E-state index >= 15 is 0 Å². The van der Waals surface area contributed by atoms with E-state index in [9.17, 15) is 0 Å². The van der Waals surface area contributed by atoms with Crippen LogP contribution in [0.25, 0.3) is 65.9 Å². The second-order valence-corrected chi connectivity index (χ2v) is 22.1. The van der Waals surface area contributed by atoms with Crippen LogP contribution in [-0.4, -0.2) is 36.3 Å². The predicted molar refractivity (Wildman–Crippen MR) is 312 cm³/mol. The standard InChI is InChI=1S/C17H17NO.C17H17NS.C15H13NO.C7H8N2O.C7H8N2S/c2*1-10-5-6-15-14(9-10)18-17(19-15)16-12(3)7-11(2)8-13(16)4;1-10-7-8-14-13(9-10)16-15(17-14)12-6-4-3-5-11(12)2;2*1-4-3-6-7(8-4)10-5(2)9-6/h2*5-9H,1-4H3;3-9H,1-2H3;2*3H2,1-2H3. The average Bonchev–Trinajstić information content (AvgIpc) is 4.22. The molecule has 13 rings (SSSR count). The lowest BCUT2D eigenvalue weighted by atomic mass is 10.00. The molecule has 0 fully saturated rings. The van der Waals surface area contributed by atoms with Gasteiger partial charge in [-0.05, 0) is 177 Å². The van der Waals surface area contributed by atoms with Gasteiger partial charge < -0.3 is 13.3 Å². The van der Waals surface area contributed by atoms with E-state index in [0.717, 1.165) is 84.0 Å². The number of hydrogen-bond acceptors (Lipinski definition) is 12. The fraction of sp³-hybridized carbons (Fsp3) is 0.254. The van der Waals surface area contributed by atoms with E-state index < -0.39 is 0 Å². The minimum Gasteiger partial charge on any atom is -0.436 e. The fourth-order valence-corrected chi connectivity index (χ4v) is 11.5. The third kappa shape index (κ3) is 12.1. The first kappa shape index (κ1) is 52.2. The van der Waals surface area contributed by atoms with Gasteiger partial charge in [-0.15, -0.1) is 11.3 Å². The molecule has 0 spiro atoms. The molecule has 2 aliphatic heterocycles. The van der Waals surface area contributed by atoms with Gasteiger partial charge in [-0.1, -0.05) is 83.1 Å². The minimum atomic E-state index is 0.698. The Bertz CT molecular complexity index is 3730. The van der Waals surface area contributed by atoms with Gasteiger partial charge in [0.2, 0.25) is 17.7 Å². The maximum Gasteiger partial charge on any atom is 0.243 e. The largest absolute Gasteiger partial charge is 0.436 e. The number of aliphatic imine (C=N–C) groups is 2.